The summed E-state index contributed by atoms with van der Waals surface area (Å²) < 4.78 is 5.35. The zero-order chi connectivity index (χ0) is 19.9. The van der Waals surface area contributed by atoms with Gasteiger partial charge in [-0.15, -0.1) is 0 Å². The first-order valence-corrected chi connectivity index (χ1v) is 8.96. The SMILES string of the molecule is NC[C@H](NC(=O)c1ccc(-c2ccc(N3CCOCC3)nc2)cc1)C(=O)NO. The van der Waals surface area contributed by atoms with Crippen LogP contribution in [0.3, 0.4) is 0 Å². The van der Waals surface area contributed by atoms with Gasteiger partial charge in [0.05, 0.1) is 13.2 Å². The maximum absolute atomic E-state index is 12.2. The second-order valence-electron chi connectivity index (χ2n) is 6.32. The number of carbonyl (C=O) groups is 2. The van der Waals surface area contributed by atoms with Crippen LogP contribution in [0.1, 0.15) is 10.4 Å². The molecule has 5 N–H and O–H groups in total. The van der Waals surface area contributed by atoms with Crippen molar-refractivity contribution in [2.24, 2.45) is 5.73 Å². The molecule has 1 saturated heterocycles. The fraction of sp³-hybridized carbons (Fsp3) is 0.316. The first-order chi connectivity index (χ1) is 13.6. The number of pyridine rings is 1. The zero-order valence-corrected chi connectivity index (χ0v) is 15.3. The van der Waals surface area contributed by atoms with Crippen LogP contribution >= 0.6 is 0 Å². The van der Waals surface area contributed by atoms with E-state index in [4.69, 9.17) is 15.7 Å². The number of carbonyl (C=O) groups excluding carboxylic acids is 2. The summed E-state index contributed by atoms with van der Waals surface area (Å²) in [7, 11) is 0. The number of aromatic nitrogens is 1. The van der Waals surface area contributed by atoms with Crippen molar-refractivity contribution in [1.29, 1.82) is 0 Å². The topological polar surface area (TPSA) is 130 Å². The van der Waals surface area contributed by atoms with Gasteiger partial charge in [-0.1, -0.05) is 12.1 Å². The van der Waals surface area contributed by atoms with Gasteiger partial charge < -0.3 is 20.7 Å². The van der Waals surface area contributed by atoms with E-state index in [1.807, 2.05) is 24.3 Å². The highest BCUT2D eigenvalue weighted by atomic mass is 16.5. The van der Waals surface area contributed by atoms with Crippen LogP contribution in [0.2, 0.25) is 0 Å². The van der Waals surface area contributed by atoms with E-state index in [9.17, 15) is 9.59 Å². The predicted octanol–water partition coefficient (Wildman–Crippen LogP) is 0.148. The maximum Gasteiger partial charge on any atom is 0.267 e. The lowest BCUT2D eigenvalue weighted by Gasteiger charge is -2.27. The molecule has 0 unspecified atom stereocenters. The Bertz CT molecular complexity index is 804. The van der Waals surface area contributed by atoms with Crippen LogP contribution in [0.15, 0.2) is 42.6 Å². The summed E-state index contributed by atoms with van der Waals surface area (Å²) in [6.07, 6.45) is 1.80. The third kappa shape index (κ3) is 4.63. The van der Waals surface area contributed by atoms with E-state index < -0.39 is 17.9 Å². The van der Waals surface area contributed by atoms with Crippen LogP contribution in [-0.4, -0.2) is 60.9 Å². The van der Waals surface area contributed by atoms with Gasteiger partial charge in [0.1, 0.15) is 11.9 Å². The van der Waals surface area contributed by atoms with Crippen LogP contribution in [0.5, 0.6) is 0 Å². The molecule has 1 fully saturated rings. The molecule has 0 aliphatic carbocycles. The van der Waals surface area contributed by atoms with Crippen molar-refractivity contribution in [2.45, 2.75) is 6.04 Å². The molecule has 0 bridgehead atoms. The number of hydrogen-bond acceptors (Lipinski definition) is 7. The van der Waals surface area contributed by atoms with E-state index in [1.54, 1.807) is 18.3 Å². The Morgan fingerprint density at radius 1 is 1.14 bits per heavy atom. The monoisotopic (exact) mass is 385 g/mol. The van der Waals surface area contributed by atoms with Crippen molar-refractivity contribution in [1.82, 2.24) is 15.8 Å². The fourth-order valence-electron chi connectivity index (χ4n) is 2.90. The summed E-state index contributed by atoms with van der Waals surface area (Å²) in [6, 6.07) is 9.89. The molecular formula is C19H23N5O4. The molecular weight excluding hydrogens is 362 g/mol. The van der Waals surface area contributed by atoms with Gasteiger partial charge in [0.15, 0.2) is 0 Å². The first-order valence-electron chi connectivity index (χ1n) is 8.96. The molecule has 1 aliphatic rings. The van der Waals surface area contributed by atoms with Crippen molar-refractivity contribution < 1.29 is 19.5 Å². The van der Waals surface area contributed by atoms with Gasteiger partial charge in [-0.05, 0) is 29.8 Å². The molecule has 9 heteroatoms. The summed E-state index contributed by atoms with van der Waals surface area (Å²) in [5.74, 6) is -0.302. The number of ether oxygens (including phenoxy) is 1. The van der Waals surface area contributed by atoms with Crippen molar-refractivity contribution >= 4 is 17.6 Å². The van der Waals surface area contributed by atoms with Gasteiger partial charge >= 0.3 is 0 Å². The average molecular weight is 385 g/mol. The lowest BCUT2D eigenvalue weighted by atomic mass is 10.0. The second kappa shape index (κ2) is 9.27. The molecule has 1 aromatic heterocycles. The van der Waals surface area contributed by atoms with Crippen molar-refractivity contribution in [3.8, 4) is 11.1 Å². The smallest absolute Gasteiger partial charge is 0.267 e. The highest BCUT2D eigenvalue weighted by Crippen LogP contribution is 2.22. The summed E-state index contributed by atoms with van der Waals surface area (Å²) in [4.78, 5) is 30.4. The number of benzene rings is 1. The van der Waals surface area contributed by atoms with Crippen LogP contribution in [0, 0.1) is 0 Å². The van der Waals surface area contributed by atoms with Crippen molar-refractivity contribution in [2.75, 3.05) is 37.7 Å². The van der Waals surface area contributed by atoms with Gasteiger partial charge in [-0.25, -0.2) is 10.5 Å². The maximum atomic E-state index is 12.2. The van der Waals surface area contributed by atoms with Crippen LogP contribution in [0.4, 0.5) is 5.82 Å². The van der Waals surface area contributed by atoms with E-state index in [-0.39, 0.29) is 6.54 Å². The summed E-state index contributed by atoms with van der Waals surface area (Å²) in [6.45, 7) is 2.94. The molecule has 2 amide bonds. The normalized spacial score (nSPS) is 15.0. The number of nitrogens with zero attached hydrogens (tertiary/aromatic N) is 2. The van der Waals surface area contributed by atoms with Gasteiger partial charge in [-0.2, -0.15) is 0 Å². The van der Waals surface area contributed by atoms with E-state index in [0.717, 1.165) is 30.0 Å². The van der Waals surface area contributed by atoms with E-state index in [0.29, 0.717) is 18.8 Å². The molecule has 2 heterocycles. The van der Waals surface area contributed by atoms with Gasteiger partial charge in [-0.3, -0.25) is 14.8 Å². The molecule has 2 aromatic rings. The van der Waals surface area contributed by atoms with Gasteiger partial charge in [0, 0.05) is 37.0 Å². The Hall–Kier alpha value is -3.01. The number of hydrogen-bond donors (Lipinski definition) is 4. The summed E-state index contributed by atoms with van der Waals surface area (Å²) in [5.41, 5.74) is 9.15. The van der Waals surface area contributed by atoms with E-state index in [1.165, 1.54) is 5.48 Å². The highest BCUT2D eigenvalue weighted by molar-refractivity contribution is 5.97. The third-order valence-electron chi connectivity index (χ3n) is 4.53. The quantitative estimate of drug-likeness (QED) is 0.411. The Morgan fingerprint density at radius 2 is 1.82 bits per heavy atom. The lowest BCUT2D eigenvalue weighted by molar-refractivity contribution is -0.130. The Morgan fingerprint density at radius 3 is 2.39 bits per heavy atom. The Kier molecular flexibility index (Phi) is 6.53. The molecule has 1 atom stereocenters. The number of rotatable bonds is 6. The Balaban J connectivity index is 1.66. The van der Waals surface area contributed by atoms with Crippen LogP contribution < -0.4 is 21.4 Å². The largest absolute Gasteiger partial charge is 0.378 e. The molecule has 0 saturated carbocycles. The lowest BCUT2D eigenvalue weighted by Crippen LogP contribution is -2.50. The highest BCUT2D eigenvalue weighted by Gasteiger charge is 2.19. The predicted molar refractivity (Wildman–Crippen MR) is 103 cm³/mol. The standard InChI is InChI=1S/C19H23N5O4/c20-11-16(19(26)23-27)22-18(25)14-3-1-13(2-4-14)15-5-6-17(21-12-15)24-7-9-28-10-8-24/h1-6,12,16,27H,7-11,20H2,(H,22,25)(H,23,26)/t16-/m0/s1. The zero-order valence-electron chi connectivity index (χ0n) is 15.3. The van der Waals surface area contributed by atoms with Gasteiger partial charge in [0.2, 0.25) is 0 Å². The van der Waals surface area contributed by atoms with Crippen LogP contribution in [-0.2, 0) is 9.53 Å². The van der Waals surface area contributed by atoms with Crippen molar-refractivity contribution in [3.63, 3.8) is 0 Å². The second-order valence-corrected chi connectivity index (χ2v) is 6.32. The van der Waals surface area contributed by atoms with Crippen LogP contribution in [0.25, 0.3) is 11.1 Å². The number of nitrogens with one attached hydrogen (secondary N) is 2. The number of morpholine rings is 1. The third-order valence-corrected chi connectivity index (χ3v) is 4.53. The first kappa shape index (κ1) is 19.7. The minimum absolute atomic E-state index is 0.128. The number of anilines is 1. The molecule has 3 rings (SSSR count). The fourth-order valence-corrected chi connectivity index (χ4v) is 2.90. The Labute approximate surface area is 162 Å². The molecule has 0 radical (unpaired) electrons. The molecule has 1 aromatic carbocycles. The molecule has 1 aliphatic heterocycles. The molecule has 9 nitrogen and oxygen atoms in total. The molecule has 148 valence electrons. The van der Waals surface area contributed by atoms with Crippen molar-refractivity contribution in [3.05, 3.63) is 48.2 Å². The molecule has 0 spiro atoms. The number of amides is 2. The average Bonchev–Trinajstić information content (AvgIpc) is 2.77. The minimum Gasteiger partial charge on any atom is -0.378 e. The minimum atomic E-state index is -1.01. The molecule has 28 heavy (non-hydrogen) atoms. The number of hydroxylamine groups is 1. The van der Waals surface area contributed by atoms with E-state index in [2.05, 4.69) is 15.2 Å². The summed E-state index contributed by atoms with van der Waals surface area (Å²) >= 11 is 0. The number of nitrogens with two attached hydrogens (primary N) is 1. The summed E-state index contributed by atoms with van der Waals surface area (Å²) in [5, 5.41) is 11.1. The van der Waals surface area contributed by atoms with Gasteiger partial charge in [0.25, 0.3) is 11.8 Å². The van der Waals surface area contributed by atoms with E-state index >= 15 is 0 Å².